The highest BCUT2D eigenvalue weighted by molar-refractivity contribution is 5.95. The summed E-state index contributed by atoms with van der Waals surface area (Å²) in [5.41, 5.74) is 2.39. The van der Waals surface area contributed by atoms with Gasteiger partial charge in [-0.15, -0.1) is 0 Å². The maximum absolute atomic E-state index is 11.8. The van der Waals surface area contributed by atoms with E-state index >= 15 is 0 Å². The van der Waals surface area contributed by atoms with E-state index in [2.05, 4.69) is 5.32 Å². The monoisotopic (exact) mass is 283 g/mol. The SMILES string of the molecule is CC(=O)c1ccc(NC(=O)COc2ccc(C)cc2)cc1. The molecule has 2 rings (SSSR count). The first-order chi connectivity index (χ1) is 10.0. The number of carbonyl (C=O) groups is 2. The number of anilines is 1. The first-order valence-corrected chi connectivity index (χ1v) is 6.65. The maximum Gasteiger partial charge on any atom is 0.262 e. The lowest BCUT2D eigenvalue weighted by Gasteiger charge is -2.08. The van der Waals surface area contributed by atoms with Gasteiger partial charge in [0.1, 0.15) is 5.75 Å². The first-order valence-electron chi connectivity index (χ1n) is 6.65. The van der Waals surface area contributed by atoms with Crippen LogP contribution in [0.25, 0.3) is 0 Å². The predicted octanol–water partition coefficient (Wildman–Crippen LogP) is 3.22. The van der Waals surface area contributed by atoms with Gasteiger partial charge in [0.15, 0.2) is 12.4 Å². The molecule has 21 heavy (non-hydrogen) atoms. The van der Waals surface area contributed by atoms with Gasteiger partial charge >= 0.3 is 0 Å². The Bertz CT molecular complexity index is 630. The highest BCUT2D eigenvalue weighted by Crippen LogP contribution is 2.12. The van der Waals surface area contributed by atoms with Crippen molar-refractivity contribution in [3.8, 4) is 5.75 Å². The average Bonchev–Trinajstić information content (AvgIpc) is 2.47. The van der Waals surface area contributed by atoms with Crippen molar-refractivity contribution in [2.45, 2.75) is 13.8 Å². The standard InChI is InChI=1S/C17H17NO3/c1-12-3-9-16(10-4-12)21-11-17(20)18-15-7-5-14(6-8-15)13(2)19/h3-10H,11H2,1-2H3,(H,18,20). The van der Waals surface area contributed by atoms with Crippen LogP contribution in [0, 0.1) is 6.92 Å². The van der Waals surface area contributed by atoms with Gasteiger partial charge in [-0.2, -0.15) is 0 Å². The third-order valence-electron chi connectivity index (χ3n) is 2.97. The average molecular weight is 283 g/mol. The maximum atomic E-state index is 11.8. The normalized spacial score (nSPS) is 10.0. The van der Waals surface area contributed by atoms with Crippen LogP contribution in [0.15, 0.2) is 48.5 Å². The Morgan fingerprint density at radius 3 is 2.19 bits per heavy atom. The van der Waals surface area contributed by atoms with Gasteiger partial charge < -0.3 is 10.1 Å². The summed E-state index contributed by atoms with van der Waals surface area (Å²) in [6, 6.07) is 14.2. The molecule has 0 unspecified atom stereocenters. The van der Waals surface area contributed by atoms with Crippen LogP contribution in [0.3, 0.4) is 0 Å². The topological polar surface area (TPSA) is 55.4 Å². The highest BCUT2D eigenvalue weighted by atomic mass is 16.5. The third kappa shape index (κ3) is 4.45. The molecule has 4 heteroatoms. The lowest BCUT2D eigenvalue weighted by Crippen LogP contribution is -2.20. The van der Waals surface area contributed by atoms with Crippen molar-refractivity contribution in [3.63, 3.8) is 0 Å². The molecule has 108 valence electrons. The number of benzene rings is 2. The number of ether oxygens (including phenoxy) is 1. The van der Waals surface area contributed by atoms with Crippen LogP contribution in [0.4, 0.5) is 5.69 Å². The number of nitrogens with one attached hydrogen (secondary N) is 1. The molecular formula is C17H17NO3. The predicted molar refractivity (Wildman–Crippen MR) is 81.8 cm³/mol. The Morgan fingerprint density at radius 2 is 1.62 bits per heavy atom. The second-order valence-corrected chi connectivity index (χ2v) is 4.78. The molecule has 0 saturated heterocycles. The molecule has 1 amide bonds. The number of hydrogen-bond acceptors (Lipinski definition) is 3. The zero-order chi connectivity index (χ0) is 15.2. The lowest BCUT2D eigenvalue weighted by atomic mass is 10.1. The molecular weight excluding hydrogens is 266 g/mol. The molecule has 1 N–H and O–H groups in total. The number of hydrogen-bond donors (Lipinski definition) is 1. The second kappa shape index (κ2) is 6.70. The van der Waals surface area contributed by atoms with Gasteiger partial charge in [0.25, 0.3) is 5.91 Å². The molecule has 0 aliphatic rings. The molecule has 2 aromatic rings. The van der Waals surface area contributed by atoms with Gasteiger partial charge in [-0.05, 0) is 50.2 Å². The Labute approximate surface area is 123 Å². The van der Waals surface area contributed by atoms with Crippen molar-refractivity contribution in [1.82, 2.24) is 0 Å². The smallest absolute Gasteiger partial charge is 0.262 e. The van der Waals surface area contributed by atoms with Gasteiger partial charge in [-0.1, -0.05) is 17.7 Å². The van der Waals surface area contributed by atoms with Gasteiger partial charge in [-0.3, -0.25) is 9.59 Å². The van der Waals surface area contributed by atoms with E-state index in [0.717, 1.165) is 5.56 Å². The van der Waals surface area contributed by atoms with E-state index < -0.39 is 0 Å². The fourth-order valence-corrected chi connectivity index (χ4v) is 1.77. The second-order valence-electron chi connectivity index (χ2n) is 4.78. The van der Waals surface area contributed by atoms with Gasteiger partial charge in [0, 0.05) is 11.3 Å². The number of Topliss-reactive ketones (excluding diaryl/α,β-unsaturated/α-hetero) is 1. The molecule has 4 nitrogen and oxygen atoms in total. The molecule has 0 bridgehead atoms. The summed E-state index contributed by atoms with van der Waals surface area (Å²) in [5.74, 6) is 0.407. The van der Waals surface area contributed by atoms with Crippen molar-refractivity contribution in [1.29, 1.82) is 0 Å². The molecule has 2 aromatic carbocycles. The van der Waals surface area contributed by atoms with E-state index in [1.54, 1.807) is 24.3 Å². The molecule has 0 fully saturated rings. The Kier molecular flexibility index (Phi) is 4.72. The Morgan fingerprint density at radius 1 is 1.00 bits per heavy atom. The molecule has 0 saturated carbocycles. The molecule has 0 aliphatic carbocycles. The van der Waals surface area contributed by atoms with Crippen molar-refractivity contribution in [3.05, 3.63) is 59.7 Å². The summed E-state index contributed by atoms with van der Waals surface area (Å²) in [6.07, 6.45) is 0. The zero-order valence-corrected chi connectivity index (χ0v) is 12.1. The van der Waals surface area contributed by atoms with Crippen LogP contribution < -0.4 is 10.1 Å². The van der Waals surface area contributed by atoms with Crippen molar-refractivity contribution in [2.75, 3.05) is 11.9 Å². The summed E-state index contributed by atoms with van der Waals surface area (Å²) in [5, 5.41) is 2.71. The molecule has 0 heterocycles. The number of ketones is 1. The van der Waals surface area contributed by atoms with Gasteiger partial charge in [0.05, 0.1) is 0 Å². The molecule has 0 aliphatic heterocycles. The minimum Gasteiger partial charge on any atom is -0.484 e. The minimum atomic E-state index is -0.244. The number of carbonyl (C=O) groups excluding carboxylic acids is 2. The summed E-state index contributed by atoms with van der Waals surface area (Å²) in [6.45, 7) is 3.43. The van der Waals surface area contributed by atoms with Crippen molar-refractivity contribution >= 4 is 17.4 Å². The molecule has 0 spiro atoms. The Hall–Kier alpha value is -2.62. The van der Waals surface area contributed by atoms with E-state index in [1.165, 1.54) is 6.92 Å². The zero-order valence-electron chi connectivity index (χ0n) is 12.1. The van der Waals surface area contributed by atoms with Crippen LogP contribution in [0.1, 0.15) is 22.8 Å². The summed E-state index contributed by atoms with van der Waals surface area (Å²) in [7, 11) is 0. The summed E-state index contributed by atoms with van der Waals surface area (Å²) >= 11 is 0. The van der Waals surface area contributed by atoms with Gasteiger partial charge in [-0.25, -0.2) is 0 Å². The Balaban J connectivity index is 1.86. The number of amides is 1. The van der Waals surface area contributed by atoms with Crippen LogP contribution in [-0.4, -0.2) is 18.3 Å². The summed E-state index contributed by atoms with van der Waals surface area (Å²) in [4.78, 5) is 22.9. The molecule has 0 aromatic heterocycles. The first kappa shape index (κ1) is 14.8. The number of rotatable bonds is 5. The highest BCUT2D eigenvalue weighted by Gasteiger charge is 2.05. The summed E-state index contributed by atoms with van der Waals surface area (Å²) < 4.78 is 5.39. The lowest BCUT2D eigenvalue weighted by molar-refractivity contribution is -0.118. The third-order valence-corrected chi connectivity index (χ3v) is 2.97. The minimum absolute atomic E-state index is 0.00409. The molecule has 0 atom stereocenters. The van der Waals surface area contributed by atoms with Crippen LogP contribution in [0.2, 0.25) is 0 Å². The van der Waals surface area contributed by atoms with Crippen LogP contribution in [-0.2, 0) is 4.79 Å². The van der Waals surface area contributed by atoms with E-state index in [-0.39, 0.29) is 18.3 Å². The van der Waals surface area contributed by atoms with Crippen molar-refractivity contribution < 1.29 is 14.3 Å². The fraction of sp³-hybridized carbons (Fsp3) is 0.176. The fourth-order valence-electron chi connectivity index (χ4n) is 1.77. The van der Waals surface area contributed by atoms with Crippen LogP contribution >= 0.6 is 0 Å². The largest absolute Gasteiger partial charge is 0.484 e. The quantitative estimate of drug-likeness (QED) is 0.857. The van der Waals surface area contributed by atoms with E-state index in [0.29, 0.717) is 17.0 Å². The molecule has 0 radical (unpaired) electrons. The van der Waals surface area contributed by atoms with E-state index in [1.807, 2.05) is 31.2 Å². The van der Waals surface area contributed by atoms with Gasteiger partial charge in [0.2, 0.25) is 0 Å². The van der Waals surface area contributed by atoms with Crippen molar-refractivity contribution in [2.24, 2.45) is 0 Å². The number of aryl methyl sites for hydroxylation is 1. The van der Waals surface area contributed by atoms with E-state index in [9.17, 15) is 9.59 Å². The van der Waals surface area contributed by atoms with Crippen LogP contribution in [0.5, 0.6) is 5.75 Å². The van der Waals surface area contributed by atoms with E-state index in [4.69, 9.17) is 4.74 Å².